The van der Waals surface area contributed by atoms with Crippen molar-refractivity contribution < 1.29 is 38.6 Å². The number of nitro benzene ring substituents is 2. The van der Waals surface area contributed by atoms with E-state index in [1.165, 1.54) is 0 Å². The van der Waals surface area contributed by atoms with E-state index in [9.17, 15) is 25.0 Å². The van der Waals surface area contributed by atoms with Crippen molar-refractivity contribution in [3.63, 3.8) is 0 Å². The number of non-ortho nitro benzene ring substituents is 2. The molecule has 6 rings (SSSR count). The van der Waals surface area contributed by atoms with Gasteiger partial charge in [0.25, 0.3) is 11.4 Å². The van der Waals surface area contributed by atoms with Crippen molar-refractivity contribution in [1.82, 2.24) is 0 Å². The van der Waals surface area contributed by atoms with Gasteiger partial charge in [-0.3, -0.25) is 20.2 Å². The Morgan fingerprint density at radius 2 is 1.76 bits per heavy atom. The predicted octanol–water partition coefficient (Wildman–Crippen LogP) is 4.69. The largest absolute Gasteiger partial charge is 0.462 e. The Bertz CT molecular complexity index is 1060. The summed E-state index contributed by atoms with van der Waals surface area (Å²) in [5.41, 5.74) is -1.96. The van der Waals surface area contributed by atoms with Gasteiger partial charge in [-0.2, -0.15) is 0 Å². The summed E-state index contributed by atoms with van der Waals surface area (Å²) in [5, 5.41) is 22.2. The maximum atomic E-state index is 12.5. The van der Waals surface area contributed by atoms with Crippen LogP contribution in [0.1, 0.15) is 69.7 Å². The van der Waals surface area contributed by atoms with Gasteiger partial charge in [0.2, 0.25) is 5.79 Å². The van der Waals surface area contributed by atoms with E-state index in [4.69, 9.17) is 24.0 Å². The highest BCUT2D eigenvalue weighted by molar-refractivity contribution is 5.91. The Balaban J connectivity index is 1.23. The van der Waals surface area contributed by atoms with Gasteiger partial charge in [0.15, 0.2) is 11.9 Å². The van der Waals surface area contributed by atoms with Crippen LogP contribution in [0.15, 0.2) is 18.2 Å². The summed E-state index contributed by atoms with van der Waals surface area (Å²) >= 11 is 0. The summed E-state index contributed by atoms with van der Waals surface area (Å²) in [5.74, 6) is -0.579. The van der Waals surface area contributed by atoms with Crippen LogP contribution in [0.4, 0.5) is 11.4 Å². The molecule has 5 fully saturated rings. The SMILES string of the molecule is C[C@H]1[C@@H](CCCOC(=O)c2cc([N+](=O)[O-])cc([N+](=O)[O-])c2)OC2O[C@@]3(C)CC[C@H]4[C@H](C)CC[C@@H]1[C@@]24OO3. The maximum Gasteiger partial charge on any atom is 0.338 e. The number of nitro groups is 2. The molecule has 0 aromatic heterocycles. The first kappa shape index (κ1) is 26.0. The second-order valence-electron chi connectivity index (χ2n) is 11.0. The second kappa shape index (κ2) is 9.57. The Morgan fingerprint density at radius 3 is 2.43 bits per heavy atom. The van der Waals surface area contributed by atoms with Crippen molar-refractivity contribution in [2.45, 2.75) is 83.1 Å². The zero-order valence-electron chi connectivity index (χ0n) is 21.1. The third-order valence-corrected chi connectivity index (χ3v) is 8.72. The standard InChI is InChI=1S/C25H32N2O10/c1-14-6-7-20-15(2)21(34-23-25(20)19(14)8-9-24(3,35-23)36-37-25)5-4-10-33-22(28)16-11-17(26(29)30)13-18(12-16)27(31)32/h11-15,19-21,23H,4-10H2,1-3H3/t14-,15-,19+,20+,21-,23?,24-,25-/m1/s1. The summed E-state index contributed by atoms with van der Waals surface area (Å²) in [6.07, 6.45) is 4.19. The molecule has 8 atom stereocenters. The van der Waals surface area contributed by atoms with Crippen LogP contribution in [-0.4, -0.2) is 46.2 Å². The van der Waals surface area contributed by atoms with Crippen molar-refractivity contribution in [2.24, 2.45) is 23.7 Å². The van der Waals surface area contributed by atoms with Crippen LogP contribution in [0.3, 0.4) is 0 Å². The van der Waals surface area contributed by atoms with Crippen molar-refractivity contribution in [1.29, 1.82) is 0 Å². The Morgan fingerprint density at radius 1 is 1.05 bits per heavy atom. The number of hydrogen-bond acceptors (Lipinski definition) is 10. The predicted molar refractivity (Wildman–Crippen MR) is 126 cm³/mol. The Hall–Kier alpha value is -2.67. The molecule has 37 heavy (non-hydrogen) atoms. The van der Waals surface area contributed by atoms with Crippen molar-refractivity contribution in [2.75, 3.05) is 6.61 Å². The average molecular weight is 521 g/mol. The lowest BCUT2D eigenvalue weighted by Crippen LogP contribution is -2.70. The molecule has 0 radical (unpaired) electrons. The maximum absolute atomic E-state index is 12.5. The summed E-state index contributed by atoms with van der Waals surface area (Å²) in [6, 6.07) is 2.75. The minimum Gasteiger partial charge on any atom is -0.462 e. The first-order valence-corrected chi connectivity index (χ1v) is 12.8. The first-order chi connectivity index (χ1) is 17.5. The molecule has 0 N–H and O–H groups in total. The van der Waals surface area contributed by atoms with E-state index in [2.05, 4.69) is 13.8 Å². The summed E-state index contributed by atoms with van der Waals surface area (Å²) in [6.45, 7) is 6.34. The Kier molecular flexibility index (Phi) is 6.71. The topological polar surface area (TPSA) is 150 Å². The van der Waals surface area contributed by atoms with E-state index in [1.54, 1.807) is 0 Å². The fraction of sp³-hybridized carbons (Fsp3) is 0.720. The molecule has 2 bridgehead atoms. The lowest BCUT2D eigenvalue weighted by Gasteiger charge is -2.60. The van der Waals surface area contributed by atoms with Gasteiger partial charge in [0, 0.05) is 24.5 Å². The minimum absolute atomic E-state index is 0.0419. The third-order valence-electron chi connectivity index (χ3n) is 8.72. The lowest BCUT2D eigenvalue weighted by atomic mass is 9.57. The molecule has 0 amide bonds. The number of benzene rings is 1. The zero-order chi connectivity index (χ0) is 26.5. The molecule has 1 saturated carbocycles. The smallest absolute Gasteiger partial charge is 0.338 e. The van der Waals surface area contributed by atoms with E-state index in [0.29, 0.717) is 18.8 Å². The molecule has 12 nitrogen and oxygen atoms in total. The number of ether oxygens (including phenoxy) is 3. The zero-order valence-corrected chi connectivity index (χ0v) is 21.1. The van der Waals surface area contributed by atoms with Gasteiger partial charge in [-0.05, 0) is 56.8 Å². The average Bonchev–Trinajstić information content (AvgIpc) is 3.09. The molecule has 202 valence electrons. The highest BCUT2D eigenvalue weighted by Crippen LogP contribution is 2.60. The fourth-order valence-electron chi connectivity index (χ4n) is 6.77. The molecular formula is C25H32N2O10. The fourth-order valence-corrected chi connectivity index (χ4v) is 6.77. The molecule has 12 heteroatoms. The van der Waals surface area contributed by atoms with Crippen molar-refractivity contribution in [3.8, 4) is 0 Å². The Labute approximate surface area is 213 Å². The van der Waals surface area contributed by atoms with Gasteiger partial charge in [-0.15, -0.1) is 0 Å². The molecule has 1 spiro atoms. The molecule has 1 unspecified atom stereocenters. The van der Waals surface area contributed by atoms with Gasteiger partial charge in [-0.25, -0.2) is 14.6 Å². The van der Waals surface area contributed by atoms with Gasteiger partial charge in [-0.1, -0.05) is 13.8 Å². The van der Waals surface area contributed by atoms with Crippen LogP contribution >= 0.6 is 0 Å². The second-order valence-corrected chi connectivity index (χ2v) is 11.0. The van der Waals surface area contributed by atoms with Crippen molar-refractivity contribution in [3.05, 3.63) is 44.0 Å². The highest BCUT2D eigenvalue weighted by Gasteiger charge is 2.69. The van der Waals surface area contributed by atoms with Crippen LogP contribution < -0.4 is 0 Å². The molecule has 1 aromatic rings. The number of nitrogens with zero attached hydrogens (tertiary/aromatic N) is 2. The number of carbonyl (C=O) groups is 1. The molecule has 4 heterocycles. The monoisotopic (exact) mass is 520 g/mol. The highest BCUT2D eigenvalue weighted by atomic mass is 17.3. The third kappa shape index (κ3) is 4.49. The van der Waals surface area contributed by atoms with Gasteiger partial charge in [0.05, 0.1) is 34.2 Å². The quantitative estimate of drug-likeness (QED) is 0.163. The number of hydrogen-bond donors (Lipinski definition) is 0. The van der Waals surface area contributed by atoms with Crippen LogP contribution in [0, 0.1) is 43.9 Å². The van der Waals surface area contributed by atoms with E-state index < -0.39 is 44.9 Å². The van der Waals surface area contributed by atoms with Crippen LogP contribution in [-0.2, 0) is 24.0 Å². The normalized spacial score (nSPS) is 38.4. The number of carbonyl (C=O) groups excluding carboxylic acids is 1. The lowest BCUT2D eigenvalue weighted by molar-refractivity contribution is -0.571. The van der Waals surface area contributed by atoms with Gasteiger partial charge >= 0.3 is 5.97 Å². The number of esters is 1. The summed E-state index contributed by atoms with van der Waals surface area (Å²) in [4.78, 5) is 45.1. The molecule has 1 aromatic carbocycles. The van der Waals surface area contributed by atoms with Crippen LogP contribution in [0.25, 0.3) is 0 Å². The van der Waals surface area contributed by atoms with E-state index in [0.717, 1.165) is 43.9 Å². The number of fused-ring (bicyclic) bond motifs is 2. The van der Waals surface area contributed by atoms with Crippen molar-refractivity contribution >= 4 is 17.3 Å². The summed E-state index contributed by atoms with van der Waals surface area (Å²) < 4.78 is 18.2. The van der Waals surface area contributed by atoms with E-state index in [1.807, 2.05) is 6.92 Å². The molecule has 4 aliphatic heterocycles. The molecule has 4 saturated heterocycles. The molecule has 5 aliphatic rings. The van der Waals surface area contributed by atoms with E-state index >= 15 is 0 Å². The number of rotatable bonds is 7. The molecular weight excluding hydrogens is 488 g/mol. The van der Waals surface area contributed by atoms with Gasteiger partial charge < -0.3 is 14.2 Å². The minimum atomic E-state index is -0.852. The van der Waals surface area contributed by atoms with Crippen LogP contribution in [0.5, 0.6) is 0 Å². The summed E-state index contributed by atoms with van der Waals surface area (Å²) in [7, 11) is 0. The van der Waals surface area contributed by atoms with Crippen LogP contribution in [0.2, 0.25) is 0 Å². The molecule has 1 aliphatic carbocycles. The van der Waals surface area contributed by atoms with E-state index in [-0.39, 0.29) is 36.0 Å². The first-order valence-electron chi connectivity index (χ1n) is 12.8. The van der Waals surface area contributed by atoms with Gasteiger partial charge in [0.1, 0.15) is 0 Å².